The van der Waals surface area contributed by atoms with Gasteiger partial charge in [0.05, 0.1) is 0 Å². The molecule has 0 bridgehead atoms. The Kier molecular flexibility index (Phi) is 2.83. The smallest absolute Gasteiger partial charge is 0.325 e. The van der Waals surface area contributed by atoms with E-state index in [-0.39, 0.29) is 0 Å². The maximum atomic E-state index is 11.1. The number of rotatable bonds is 2. The molecule has 92 valence electrons. The number of aryl methyl sites for hydroxylation is 2. The number of nitrogens with two attached hydrogens (primary N) is 1. The SMILES string of the molecule is Cc1ccc(N2CCC(N)(C(=O)O)C2)c(C)c1. The summed E-state index contributed by atoms with van der Waals surface area (Å²) in [4.78, 5) is 13.1. The molecular weight excluding hydrogens is 216 g/mol. The fraction of sp³-hybridized carbons (Fsp3) is 0.462. The van der Waals surface area contributed by atoms with Crippen LogP contribution in [0, 0.1) is 13.8 Å². The van der Waals surface area contributed by atoms with Crippen LogP contribution in [0.5, 0.6) is 0 Å². The summed E-state index contributed by atoms with van der Waals surface area (Å²) in [6.07, 6.45) is 0.496. The van der Waals surface area contributed by atoms with Crippen molar-refractivity contribution in [3.05, 3.63) is 29.3 Å². The van der Waals surface area contributed by atoms with Crippen molar-refractivity contribution >= 4 is 11.7 Å². The van der Waals surface area contributed by atoms with Crippen LogP contribution >= 0.6 is 0 Å². The zero-order valence-electron chi connectivity index (χ0n) is 10.2. The Hall–Kier alpha value is -1.55. The van der Waals surface area contributed by atoms with Crippen molar-refractivity contribution in [1.82, 2.24) is 0 Å². The highest BCUT2D eigenvalue weighted by atomic mass is 16.4. The second-order valence-electron chi connectivity index (χ2n) is 4.92. The number of carbonyl (C=O) groups is 1. The number of carboxylic acid groups (broad SMARTS) is 1. The number of anilines is 1. The van der Waals surface area contributed by atoms with Crippen LogP contribution in [0.4, 0.5) is 5.69 Å². The van der Waals surface area contributed by atoms with Gasteiger partial charge in [-0.2, -0.15) is 0 Å². The Morgan fingerprint density at radius 3 is 2.71 bits per heavy atom. The van der Waals surface area contributed by atoms with Gasteiger partial charge in [0, 0.05) is 18.8 Å². The lowest BCUT2D eigenvalue weighted by Gasteiger charge is -2.23. The molecule has 1 atom stereocenters. The van der Waals surface area contributed by atoms with E-state index in [1.807, 2.05) is 26.0 Å². The predicted molar refractivity (Wildman–Crippen MR) is 67.3 cm³/mol. The third-order valence-corrected chi connectivity index (χ3v) is 3.42. The van der Waals surface area contributed by atoms with E-state index in [2.05, 4.69) is 11.0 Å². The van der Waals surface area contributed by atoms with Gasteiger partial charge >= 0.3 is 5.97 Å². The summed E-state index contributed by atoms with van der Waals surface area (Å²) in [6.45, 7) is 5.17. The molecule has 4 nitrogen and oxygen atoms in total. The molecule has 1 aromatic rings. The van der Waals surface area contributed by atoms with E-state index in [1.54, 1.807) is 0 Å². The molecule has 2 rings (SSSR count). The second kappa shape index (κ2) is 4.04. The van der Waals surface area contributed by atoms with Crippen molar-refractivity contribution in [2.75, 3.05) is 18.0 Å². The number of nitrogens with zero attached hydrogens (tertiary/aromatic N) is 1. The monoisotopic (exact) mass is 234 g/mol. The summed E-state index contributed by atoms with van der Waals surface area (Å²) < 4.78 is 0. The molecule has 1 heterocycles. The number of aliphatic carboxylic acids is 1. The summed E-state index contributed by atoms with van der Waals surface area (Å²) in [5.41, 5.74) is 8.23. The summed E-state index contributed by atoms with van der Waals surface area (Å²) in [7, 11) is 0. The standard InChI is InChI=1S/C13H18N2O2/c1-9-3-4-11(10(2)7-9)15-6-5-13(14,8-15)12(16)17/h3-4,7H,5-6,8,14H2,1-2H3,(H,16,17). The molecule has 1 aromatic carbocycles. The maximum Gasteiger partial charge on any atom is 0.325 e. The fourth-order valence-electron chi connectivity index (χ4n) is 2.37. The van der Waals surface area contributed by atoms with Crippen LogP contribution in [0.2, 0.25) is 0 Å². The lowest BCUT2D eigenvalue weighted by molar-refractivity contribution is -0.142. The average Bonchev–Trinajstić information content (AvgIpc) is 2.62. The molecule has 1 aliphatic rings. The van der Waals surface area contributed by atoms with E-state index in [1.165, 1.54) is 11.1 Å². The number of carboxylic acids is 1. The number of benzene rings is 1. The van der Waals surface area contributed by atoms with Gasteiger partial charge in [-0.3, -0.25) is 4.79 Å². The molecular formula is C13H18N2O2. The second-order valence-corrected chi connectivity index (χ2v) is 4.92. The van der Waals surface area contributed by atoms with Crippen LogP contribution in [-0.2, 0) is 4.79 Å². The minimum atomic E-state index is -1.10. The molecule has 0 radical (unpaired) electrons. The summed E-state index contributed by atoms with van der Waals surface area (Å²) in [5, 5.41) is 9.10. The van der Waals surface area contributed by atoms with E-state index in [0.717, 1.165) is 5.69 Å². The molecule has 17 heavy (non-hydrogen) atoms. The molecule has 4 heteroatoms. The van der Waals surface area contributed by atoms with Crippen molar-refractivity contribution in [2.45, 2.75) is 25.8 Å². The highest BCUT2D eigenvalue weighted by Crippen LogP contribution is 2.28. The van der Waals surface area contributed by atoms with Crippen LogP contribution in [0.25, 0.3) is 0 Å². The zero-order chi connectivity index (χ0) is 12.6. The third kappa shape index (κ3) is 2.13. The molecule has 0 aliphatic carbocycles. The Morgan fingerprint density at radius 1 is 1.47 bits per heavy atom. The molecule has 1 unspecified atom stereocenters. The minimum absolute atomic E-state index is 0.381. The Bertz CT molecular complexity index is 459. The Labute approximate surface area is 101 Å². The van der Waals surface area contributed by atoms with Crippen LogP contribution in [-0.4, -0.2) is 29.7 Å². The summed E-state index contributed by atoms with van der Waals surface area (Å²) >= 11 is 0. The van der Waals surface area contributed by atoms with Gasteiger partial charge in [0.1, 0.15) is 5.54 Å². The maximum absolute atomic E-state index is 11.1. The van der Waals surface area contributed by atoms with E-state index in [0.29, 0.717) is 19.5 Å². The van der Waals surface area contributed by atoms with Crippen LogP contribution < -0.4 is 10.6 Å². The van der Waals surface area contributed by atoms with Crippen LogP contribution in [0.1, 0.15) is 17.5 Å². The van der Waals surface area contributed by atoms with E-state index < -0.39 is 11.5 Å². The van der Waals surface area contributed by atoms with Gasteiger partial charge in [-0.1, -0.05) is 17.7 Å². The van der Waals surface area contributed by atoms with E-state index >= 15 is 0 Å². The van der Waals surface area contributed by atoms with E-state index in [9.17, 15) is 4.79 Å². The average molecular weight is 234 g/mol. The molecule has 3 N–H and O–H groups in total. The fourth-order valence-corrected chi connectivity index (χ4v) is 2.37. The highest BCUT2D eigenvalue weighted by Gasteiger charge is 2.41. The van der Waals surface area contributed by atoms with Crippen molar-refractivity contribution in [1.29, 1.82) is 0 Å². The normalized spacial score (nSPS) is 24.1. The molecule has 0 spiro atoms. The minimum Gasteiger partial charge on any atom is -0.480 e. The molecule has 1 fully saturated rings. The van der Waals surface area contributed by atoms with Gasteiger partial charge in [-0.15, -0.1) is 0 Å². The van der Waals surface area contributed by atoms with E-state index in [4.69, 9.17) is 10.8 Å². The topological polar surface area (TPSA) is 66.6 Å². The lowest BCUT2D eigenvalue weighted by Crippen LogP contribution is -2.50. The Morgan fingerprint density at radius 2 is 2.18 bits per heavy atom. The number of hydrogen-bond acceptors (Lipinski definition) is 3. The summed E-state index contributed by atoms with van der Waals surface area (Å²) in [6, 6.07) is 6.19. The first kappa shape index (κ1) is 11.9. The largest absolute Gasteiger partial charge is 0.480 e. The van der Waals surface area contributed by atoms with Gasteiger partial charge in [0.15, 0.2) is 0 Å². The first-order valence-corrected chi connectivity index (χ1v) is 5.77. The first-order chi connectivity index (χ1) is 7.92. The summed E-state index contributed by atoms with van der Waals surface area (Å²) in [5.74, 6) is -0.912. The third-order valence-electron chi connectivity index (χ3n) is 3.42. The lowest BCUT2D eigenvalue weighted by atomic mass is 10.0. The molecule has 0 aromatic heterocycles. The van der Waals surface area contributed by atoms with Crippen LogP contribution in [0.3, 0.4) is 0 Å². The van der Waals surface area contributed by atoms with Crippen molar-refractivity contribution in [3.8, 4) is 0 Å². The van der Waals surface area contributed by atoms with Gasteiger partial charge < -0.3 is 15.7 Å². The molecule has 1 aliphatic heterocycles. The Balaban J connectivity index is 2.24. The van der Waals surface area contributed by atoms with Gasteiger partial charge in [0.25, 0.3) is 0 Å². The van der Waals surface area contributed by atoms with Gasteiger partial charge in [-0.25, -0.2) is 0 Å². The zero-order valence-corrected chi connectivity index (χ0v) is 10.2. The first-order valence-electron chi connectivity index (χ1n) is 5.77. The van der Waals surface area contributed by atoms with Gasteiger partial charge in [-0.05, 0) is 31.9 Å². The molecule has 1 saturated heterocycles. The highest BCUT2D eigenvalue weighted by molar-refractivity contribution is 5.80. The van der Waals surface area contributed by atoms with Crippen molar-refractivity contribution < 1.29 is 9.90 Å². The number of hydrogen-bond donors (Lipinski definition) is 2. The van der Waals surface area contributed by atoms with Crippen molar-refractivity contribution in [3.63, 3.8) is 0 Å². The molecule has 0 amide bonds. The quantitative estimate of drug-likeness (QED) is 0.809. The molecule has 0 saturated carbocycles. The van der Waals surface area contributed by atoms with Gasteiger partial charge in [0.2, 0.25) is 0 Å². The van der Waals surface area contributed by atoms with Crippen LogP contribution in [0.15, 0.2) is 18.2 Å². The van der Waals surface area contributed by atoms with Crippen molar-refractivity contribution in [2.24, 2.45) is 5.73 Å². The predicted octanol–water partition coefficient (Wildman–Crippen LogP) is 1.30.